The number of imidazole rings is 1. The third-order valence-electron chi connectivity index (χ3n) is 3.63. The van der Waals surface area contributed by atoms with E-state index in [9.17, 15) is 15.4 Å². The molecule has 0 aliphatic rings. The zero-order chi connectivity index (χ0) is 18.0. The lowest BCUT2D eigenvalue weighted by molar-refractivity contribution is -0.391. The van der Waals surface area contributed by atoms with Gasteiger partial charge in [0.15, 0.2) is 11.5 Å². The molecule has 9 heteroatoms. The van der Waals surface area contributed by atoms with Gasteiger partial charge in [0.05, 0.1) is 7.05 Å². The van der Waals surface area contributed by atoms with E-state index in [0.29, 0.717) is 5.82 Å². The molecule has 0 amide bonds. The summed E-state index contributed by atoms with van der Waals surface area (Å²) in [5.41, 5.74) is 1.33. The first-order chi connectivity index (χ1) is 12.0. The highest BCUT2D eigenvalue weighted by molar-refractivity contribution is 5.83. The summed E-state index contributed by atoms with van der Waals surface area (Å²) >= 11 is 0. The molecule has 2 aromatic heterocycles. The Kier molecular flexibility index (Phi) is 4.09. The van der Waals surface area contributed by atoms with Crippen molar-refractivity contribution in [1.29, 1.82) is 5.26 Å². The van der Waals surface area contributed by atoms with E-state index < -0.39 is 4.92 Å². The SMILES string of the molecule is Cn1nc(-c2ncc([N+](=O)[O-])n2C)c(C#N)c1/N=C/c1ccccc1. The Bertz CT molecular complexity index is 1010. The molecule has 0 unspecified atom stereocenters. The van der Waals surface area contributed by atoms with Crippen LogP contribution in [-0.2, 0) is 14.1 Å². The fourth-order valence-electron chi connectivity index (χ4n) is 2.39. The molecule has 0 saturated heterocycles. The molecule has 0 aliphatic carbocycles. The molecule has 124 valence electrons. The van der Waals surface area contributed by atoms with Crippen LogP contribution in [0.4, 0.5) is 11.6 Å². The van der Waals surface area contributed by atoms with Gasteiger partial charge in [-0.05, 0) is 10.5 Å². The molecule has 3 aromatic rings. The predicted molar refractivity (Wildman–Crippen MR) is 90.5 cm³/mol. The van der Waals surface area contributed by atoms with Crippen molar-refractivity contribution in [3.8, 4) is 17.6 Å². The fourth-order valence-corrected chi connectivity index (χ4v) is 2.39. The van der Waals surface area contributed by atoms with Crippen molar-refractivity contribution >= 4 is 17.9 Å². The van der Waals surface area contributed by atoms with E-state index >= 15 is 0 Å². The molecule has 0 bridgehead atoms. The van der Waals surface area contributed by atoms with E-state index in [2.05, 4.69) is 21.1 Å². The van der Waals surface area contributed by atoms with Crippen molar-refractivity contribution < 1.29 is 4.92 Å². The van der Waals surface area contributed by atoms with Crippen LogP contribution in [0.1, 0.15) is 11.1 Å². The van der Waals surface area contributed by atoms with Crippen LogP contribution in [0.2, 0.25) is 0 Å². The van der Waals surface area contributed by atoms with Crippen LogP contribution in [0.15, 0.2) is 41.5 Å². The summed E-state index contributed by atoms with van der Waals surface area (Å²) in [6, 6.07) is 11.5. The van der Waals surface area contributed by atoms with Gasteiger partial charge >= 0.3 is 5.82 Å². The van der Waals surface area contributed by atoms with Gasteiger partial charge in [-0.15, -0.1) is 0 Å². The minimum absolute atomic E-state index is 0.182. The Morgan fingerprint density at radius 3 is 2.64 bits per heavy atom. The van der Waals surface area contributed by atoms with Gasteiger partial charge < -0.3 is 10.1 Å². The quantitative estimate of drug-likeness (QED) is 0.412. The zero-order valence-electron chi connectivity index (χ0n) is 13.5. The average molecular weight is 335 g/mol. The highest BCUT2D eigenvalue weighted by atomic mass is 16.6. The maximum absolute atomic E-state index is 11.0. The highest BCUT2D eigenvalue weighted by Gasteiger charge is 2.26. The number of nitro groups is 1. The topological polar surface area (TPSA) is 115 Å². The summed E-state index contributed by atoms with van der Waals surface area (Å²) in [5.74, 6) is 0.408. The fraction of sp³-hybridized carbons (Fsp3) is 0.125. The highest BCUT2D eigenvalue weighted by Crippen LogP contribution is 2.30. The van der Waals surface area contributed by atoms with Gasteiger partial charge in [-0.25, -0.2) is 19.2 Å². The summed E-state index contributed by atoms with van der Waals surface area (Å²) in [4.78, 5) is 18.8. The van der Waals surface area contributed by atoms with Gasteiger partial charge in [0.1, 0.15) is 17.8 Å². The summed E-state index contributed by atoms with van der Waals surface area (Å²) < 4.78 is 2.74. The standard InChI is InChI=1S/C16H13N7O2/c1-21-13(23(24)25)10-19-16(21)14-12(8-17)15(22(2)20-14)18-9-11-6-4-3-5-7-11/h3-7,9-10H,1-2H3/b18-9+. The van der Waals surface area contributed by atoms with Crippen LogP contribution in [0.3, 0.4) is 0 Å². The van der Waals surface area contributed by atoms with Gasteiger partial charge in [0, 0.05) is 13.3 Å². The molecular weight excluding hydrogens is 322 g/mol. The van der Waals surface area contributed by atoms with Crippen molar-refractivity contribution in [2.75, 3.05) is 0 Å². The van der Waals surface area contributed by atoms with Crippen LogP contribution < -0.4 is 0 Å². The summed E-state index contributed by atoms with van der Waals surface area (Å²) in [7, 11) is 3.16. The Morgan fingerprint density at radius 1 is 1.32 bits per heavy atom. The van der Waals surface area contributed by atoms with Crippen LogP contribution in [0.5, 0.6) is 0 Å². The number of hydrogen-bond donors (Lipinski definition) is 0. The zero-order valence-corrected chi connectivity index (χ0v) is 13.5. The van der Waals surface area contributed by atoms with E-state index in [-0.39, 0.29) is 22.9 Å². The second kappa shape index (κ2) is 6.37. The number of aryl methyl sites for hydroxylation is 1. The Labute approximate surface area is 142 Å². The van der Waals surface area contributed by atoms with Gasteiger partial charge in [-0.3, -0.25) is 0 Å². The maximum Gasteiger partial charge on any atom is 0.342 e. The molecule has 0 aliphatic heterocycles. The van der Waals surface area contributed by atoms with Crippen molar-refractivity contribution in [2.45, 2.75) is 0 Å². The molecule has 0 radical (unpaired) electrons. The number of aliphatic imine (C=N–C) groups is 1. The van der Waals surface area contributed by atoms with Crippen LogP contribution in [0.25, 0.3) is 11.5 Å². The molecule has 0 atom stereocenters. The Morgan fingerprint density at radius 2 is 2.04 bits per heavy atom. The molecule has 9 nitrogen and oxygen atoms in total. The minimum Gasteiger partial charge on any atom is -0.358 e. The molecule has 1 aromatic carbocycles. The van der Waals surface area contributed by atoms with E-state index in [4.69, 9.17) is 0 Å². The number of nitriles is 1. The Balaban J connectivity index is 2.08. The van der Waals surface area contributed by atoms with Gasteiger partial charge in [-0.2, -0.15) is 10.4 Å². The van der Waals surface area contributed by atoms with Crippen molar-refractivity contribution in [3.05, 3.63) is 57.8 Å². The third kappa shape index (κ3) is 2.88. The third-order valence-corrected chi connectivity index (χ3v) is 3.63. The van der Waals surface area contributed by atoms with Crippen molar-refractivity contribution in [1.82, 2.24) is 19.3 Å². The van der Waals surface area contributed by atoms with Crippen LogP contribution >= 0.6 is 0 Å². The first kappa shape index (κ1) is 16.1. The monoisotopic (exact) mass is 335 g/mol. The van der Waals surface area contributed by atoms with E-state index in [1.54, 1.807) is 13.3 Å². The largest absolute Gasteiger partial charge is 0.358 e. The number of aromatic nitrogens is 4. The molecule has 0 N–H and O–H groups in total. The predicted octanol–water partition coefficient (Wildman–Crippen LogP) is 2.35. The van der Waals surface area contributed by atoms with Crippen molar-refractivity contribution in [2.24, 2.45) is 19.1 Å². The molecule has 25 heavy (non-hydrogen) atoms. The summed E-state index contributed by atoms with van der Waals surface area (Å²) in [6.45, 7) is 0. The smallest absolute Gasteiger partial charge is 0.342 e. The van der Waals surface area contributed by atoms with E-state index in [1.165, 1.54) is 16.3 Å². The Hall–Kier alpha value is -3.80. The number of hydrogen-bond acceptors (Lipinski definition) is 6. The van der Waals surface area contributed by atoms with Crippen molar-refractivity contribution in [3.63, 3.8) is 0 Å². The van der Waals surface area contributed by atoms with Crippen LogP contribution in [-0.4, -0.2) is 30.5 Å². The van der Waals surface area contributed by atoms with Gasteiger partial charge in [0.2, 0.25) is 0 Å². The van der Waals surface area contributed by atoms with Gasteiger partial charge in [-0.1, -0.05) is 30.3 Å². The molecule has 2 heterocycles. The van der Waals surface area contributed by atoms with Crippen LogP contribution in [0, 0.1) is 21.4 Å². The lowest BCUT2D eigenvalue weighted by Gasteiger charge is -1.96. The molecule has 0 spiro atoms. The number of rotatable bonds is 4. The van der Waals surface area contributed by atoms with E-state index in [0.717, 1.165) is 11.8 Å². The minimum atomic E-state index is -0.542. The normalized spacial score (nSPS) is 10.9. The lowest BCUT2D eigenvalue weighted by atomic mass is 10.2. The first-order valence-electron chi connectivity index (χ1n) is 7.25. The van der Waals surface area contributed by atoms with E-state index in [1.807, 2.05) is 30.3 Å². The maximum atomic E-state index is 11.0. The summed E-state index contributed by atoms with van der Waals surface area (Å²) in [5, 5.41) is 24.8. The van der Waals surface area contributed by atoms with Gasteiger partial charge in [0.25, 0.3) is 5.82 Å². The molecule has 0 fully saturated rings. The second-order valence-electron chi connectivity index (χ2n) is 5.21. The lowest BCUT2D eigenvalue weighted by Crippen LogP contribution is -2.00. The average Bonchev–Trinajstić information content (AvgIpc) is 3.13. The number of benzene rings is 1. The first-order valence-corrected chi connectivity index (χ1v) is 7.25. The molecule has 3 rings (SSSR count). The second-order valence-corrected chi connectivity index (χ2v) is 5.21. The molecule has 0 saturated carbocycles. The number of nitrogens with zero attached hydrogens (tertiary/aromatic N) is 7. The molecular formula is C16H13N7O2. The summed E-state index contributed by atoms with van der Waals surface area (Å²) in [6.07, 6.45) is 2.76.